The fourth-order valence-corrected chi connectivity index (χ4v) is 2.80. The maximum absolute atomic E-state index is 7.47. The first-order chi connectivity index (χ1) is 10.7. The third kappa shape index (κ3) is 1.87. The number of para-hydroxylation sites is 2. The number of nitrogens with two attached hydrogens (primary N) is 1. The van der Waals surface area contributed by atoms with Gasteiger partial charge in [-0.3, -0.25) is 5.41 Å². The van der Waals surface area contributed by atoms with Crippen LogP contribution in [0, 0.1) is 5.41 Å². The van der Waals surface area contributed by atoms with Crippen LogP contribution >= 0.6 is 0 Å². The van der Waals surface area contributed by atoms with Gasteiger partial charge in [0.25, 0.3) is 0 Å². The summed E-state index contributed by atoms with van der Waals surface area (Å²) in [5.41, 5.74) is 10.1. The van der Waals surface area contributed by atoms with Gasteiger partial charge in [0.05, 0.1) is 0 Å². The lowest BCUT2D eigenvalue weighted by Crippen LogP contribution is -2.10. The van der Waals surface area contributed by atoms with Gasteiger partial charge in [-0.15, -0.1) is 0 Å². The highest BCUT2D eigenvalue weighted by atomic mass is 16.3. The van der Waals surface area contributed by atoms with Gasteiger partial charge in [0.2, 0.25) is 0 Å². The molecule has 0 unspecified atom stereocenters. The Balaban J connectivity index is 1.96. The highest BCUT2D eigenvalue weighted by Gasteiger charge is 2.11. The smallest absolute Gasteiger partial charge is 0.143 e. The van der Waals surface area contributed by atoms with Gasteiger partial charge in [-0.25, -0.2) is 0 Å². The van der Waals surface area contributed by atoms with Crippen molar-refractivity contribution in [3.8, 4) is 11.1 Å². The molecule has 3 N–H and O–H groups in total. The molecule has 0 aliphatic carbocycles. The van der Waals surface area contributed by atoms with E-state index >= 15 is 0 Å². The van der Waals surface area contributed by atoms with E-state index in [0.29, 0.717) is 0 Å². The van der Waals surface area contributed by atoms with Crippen molar-refractivity contribution in [3.63, 3.8) is 0 Å². The summed E-state index contributed by atoms with van der Waals surface area (Å²) in [5.74, 6) is 0.0773. The van der Waals surface area contributed by atoms with Crippen LogP contribution in [0.2, 0.25) is 0 Å². The third-order valence-corrected chi connectivity index (χ3v) is 3.91. The average molecular weight is 286 g/mol. The molecule has 0 fully saturated rings. The number of fused-ring (bicyclic) bond motifs is 3. The first kappa shape index (κ1) is 12.7. The Labute approximate surface area is 127 Å². The van der Waals surface area contributed by atoms with Crippen molar-refractivity contribution in [1.82, 2.24) is 0 Å². The van der Waals surface area contributed by atoms with E-state index in [1.807, 2.05) is 54.6 Å². The number of nitrogens with one attached hydrogen (secondary N) is 1. The molecular weight excluding hydrogens is 272 g/mol. The second-order valence-electron chi connectivity index (χ2n) is 5.27. The molecule has 4 rings (SSSR count). The van der Waals surface area contributed by atoms with Gasteiger partial charge < -0.3 is 10.2 Å². The lowest BCUT2D eigenvalue weighted by Gasteiger charge is -2.04. The first-order valence-corrected chi connectivity index (χ1v) is 7.09. The number of nitrogen functional groups attached to an aromatic ring is 1. The molecule has 3 aromatic carbocycles. The minimum Gasteiger partial charge on any atom is -0.455 e. The molecule has 0 spiro atoms. The number of benzene rings is 3. The van der Waals surface area contributed by atoms with Crippen LogP contribution in [0.25, 0.3) is 33.1 Å². The molecule has 1 heterocycles. The zero-order valence-corrected chi connectivity index (χ0v) is 11.8. The first-order valence-electron chi connectivity index (χ1n) is 7.09. The van der Waals surface area contributed by atoms with Crippen molar-refractivity contribution < 1.29 is 4.42 Å². The monoisotopic (exact) mass is 286 g/mol. The van der Waals surface area contributed by atoms with E-state index in [-0.39, 0.29) is 5.84 Å². The van der Waals surface area contributed by atoms with E-state index in [2.05, 4.69) is 12.1 Å². The molecule has 0 radical (unpaired) electrons. The Bertz CT molecular complexity index is 997. The van der Waals surface area contributed by atoms with Gasteiger partial charge in [-0.05, 0) is 11.6 Å². The number of hydrogen-bond donors (Lipinski definition) is 2. The van der Waals surface area contributed by atoms with Gasteiger partial charge in [-0.1, -0.05) is 60.7 Å². The Morgan fingerprint density at radius 1 is 0.818 bits per heavy atom. The van der Waals surface area contributed by atoms with Crippen molar-refractivity contribution in [2.24, 2.45) is 5.73 Å². The molecule has 0 atom stereocenters. The summed E-state index contributed by atoms with van der Waals surface area (Å²) < 4.78 is 6.05. The molecule has 0 aliphatic heterocycles. The predicted molar refractivity (Wildman–Crippen MR) is 90.2 cm³/mol. The van der Waals surface area contributed by atoms with Crippen LogP contribution in [0.3, 0.4) is 0 Å². The lowest BCUT2D eigenvalue weighted by molar-refractivity contribution is 0.670. The Morgan fingerprint density at radius 2 is 1.55 bits per heavy atom. The van der Waals surface area contributed by atoms with Crippen LogP contribution in [0.15, 0.2) is 71.1 Å². The van der Waals surface area contributed by atoms with E-state index in [1.165, 1.54) is 0 Å². The molecule has 106 valence electrons. The molecule has 3 heteroatoms. The van der Waals surface area contributed by atoms with Crippen LogP contribution in [0.4, 0.5) is 0 Å². The molecule has 3 nitrogen and oxygen atoms in total. The van der Waals surface area contributed by atoms with E-state index in [9.17, 15) is 0 Å². The molecule has 0 saturated heterocycles. The van der Waals surface area contributed by atoms with Crippen molar-refractivity contribution >= 4 is 27.8 Å². The lowest BCUT2D eigenvalue weighted by atomic mass is 10.0. The second-order valence-corrected chi connectivity index (χ2v) is 5.27. The van der Waals surface area contributed by atoms with E-state index < -0.39 is 0 Å². The maximum Gasteiger partial charge on any atom is 0.143 e. The molecule has 22 heavy (non-hydrogen) atoms. The average Bonchev–Trinajstić information content (AvgIpc) is 2.93. The zero-order valence-electron chi connectivity index (χ0n) is 11.8. The molecule has 1 aromatic heterocycles. The van der Waals surface area contributed by atoms with Crippen LogP contribution < -0.4 is 5.73 Å². The molecule has 0 aliphatic rings. The minimum absolute atomic E-state index is 0.0773. The highest BCUT2D eigenvalue weighted by Crippen LogP contribution is 2.35. The summed E-state index contributed by atoms with van der Waals surface area (Å²) in [5, 5.41) is 9.71. The van der Waals surface area contributed by atoms with Gasteiger partial charge in [0.15, 0.2) is 0 Å². The van der Waals surface area contributed by atoms with Gasteiger partial charge in [0, 0.05) is 21.9 Å². The van der Waals surface area contributed by atoms with E-state index in [1.54, 1.807) is 0 Å². The summed E-state index contributed by atoms with van der Waals surface area (Å²) in [4.78, 5) is 0. The fourth-order valence-electron chi connectivity index (χ4n) is 2.80. The molecular formula is C19H14N2O. The summed E-state index contributed by atoms with van der Waals surface area (Å²) in [6.07, 6.45) is 0. The molecule has 4 aromatic rings. The standard InChI is InChI=1S/C19H14N2O/c20-19(21)13-10-8-12(9-11-13)14-5-3-6-16-15-4-1-2-7-17(15)22-18(14)16/h1-11H,(H3,20,21). The van der Waals surface area contributed by atoms with E-state index in [0.717, 1.165) is 38.6 Å². The summed E-state index contributed by atoms with van der Waals surface area (Å²) in [6, 6.07) is 21.9. The highest BCUT2D eigenvalue weighted by molar-refractivity contribution is 6.09. The number of hydrogen-bond acceptors (Lipinski definition) is 2. The number of amidine groups is 1. The van der Waals surface area contributed by atoms with Crippen LogP contribution in [-0.2, 0) is 0 Å². The second kappa shape index (κ2) is 4.74. The van der Waals surface area contributed by atoms with Crippen LogP contribution in [0.5, 0.6) is 0 Å². The van der Waals surface area contributed by atoms with Crippen molar-refractivity contribution in [1.29, 1.82) is 5.41 Å². The van der Waals surface area contributed by atoms with Crippen molar-refractivity contribution in [3.05, 3.63) is 72.3 Å². The molecule has 0 amide bonds. The van der Waals surface area contributed by atoms with Gasteiger partial charge >= 0.3 is 0 Å². The summed E-state index contributed by atoms with van der Waals surface area (Å²) in [7, 11) is 0. The zero-order chi connectivity index (χ0) is 15.1. The Kier molecular flexibility index (Phi) is 2.73. The van der Waals surface area contributed by atoms with Crippen molar-refractivity contribution in [2.45, 2.75) is 0 Å². The van der Waals surface area contributed by atoms with Crippen molar-refractivity contribution in [2.75, 3.05) is 0 Å². The van der Waals surface area contributed by atoms with Crippen LogP contribution in [0.1, 0.15) is 5.56 Å². The largest absolute Gasteiger partial charge is 0.455 e. The third-order valence-electron chi connectivity index (χ3n) is 3.91. The van der Waals surface area contributed by atoms with Gasteiger partial charge in [0.1, 0.15) is 17.0 Å². The Morgan fingerprint density at radius 3 is 2.32 bits per heavy atom. The SMILES string of the molecule is N=C(N)c1ccc(-c2cccc3c2oc2ccccc23)cc1. The quantitative estimate of drug-likeness (QED) is 0.420. The number of furan rings is 1. The molecule has 0 bridgehead atoms. The fraction of sp³-hybridized carbons (Fsp3) is 0. The summed E-state index contributed by atoms with van der Waals surface area (Å²) >= 11 is 0. The van der Waals surface area contributed by atoms with Gasteiger partial charge in [-0.2, -0.15) is 0 Å². The summed E-state index contributed by atoms with van der Waals surface area (Å²) in [6.45, 7) is 0. The van der Waals surface area contributed by atoms with E-state index in [4.69, 9.17) is 15.6 Å². The maximum atomic E-state index is 7.47. The van der Waals surface area contributed by atoms with Crippen LogP contribution in [-0.4, -0.2) is 5.84 Å². The minimum atomic E-state index is 0.0773. The Hall–Kier alpha value is -3.07. The molecule has 0 saturated carbocycles. The predicted octanol–water partition coefficient (Wildman–Crippen LogP) is 4.54. The number of rotatable bonds is 2. The topological polar surface area (TPSA) is 63.0 Å². The normalized spacial score (nSPS) is 11.1.